The number of nitrogens with zero attached hydrogens (tertiary/aromatic N) is 4. The van der Waals surface area contributed by atoms with E-state index in [0.717, 1.165) is 28.7 Å². The molecule has 1 fully saturated rings. The second kappa shape index (κ2) is 7.46. The molecule has 4 aromatic rings. The second-order valence-electron chi connectivity index (χ2n) is 7.50. The Labute approximate surface area is 177 Å². The molecule has 9 heteroatoms. The summed E-state index contributed by atoms with van der Waals surface area (Å²) in [5.74, 6) is 1.72. The summed E-state index contributed by atoms with van der Waals surface area (Å²) in [6, 6.07) is 11.1. The molecule has 0 saturated heterocycles. The van der Waals surface area contributed by atoms with Crippen LogP contribution in [0, 0.1) is 5.92 Å². The molecule has 2 aromatic heterocycles. The van der Waals surface area contributed by atoms with Crippen LogP contribution in [-0.2, 0) is 7.05 Å². The zero-order chi connectivity index (χ0) is 20.7. The molecule has 1 amide bonds. The van der Waals surface area contributed by atoms with Gasteiger partial charge in [-0.1, -0.05) is 23.7 Å². The van der Waals surface area contributed by atoms with Crippen LogP contribution in [-0.4, -0.2) is 37.4 Å². The minimum atomic E-state index is -0.0472. The van der Waals surface area contributed by atoms with Crippen LogP contribution in [0.5, 0.6) is 0 Å². The molecule has 30 heavy (non-hydrogen) atoms. The number of hydrogen-bond donors (Lipinski definition) is 3. The van der Waals surface area contributed by atoms with E-state index in [2.05, 4.69) is 30.9 Å². The Kier molecular flexibility index (Phi) is 4.63. The fraction of sp³-hybridized carbons (Fsp3) is 0.238. The molecule has 8 nitrogen and oxygen atoms in total. The summed E-state index contributed by atoms with van der Waals surface area (Å²) in [5, 5.41) is 19.0. The van der Waals surface area contributed by atoms with Crippen LogP contribution in [0.4, 0.5) is 11.6 Å². The smallest absolute Gasteiger partial charge is 0.251 e. The van der Waals surface area contributed by atoms with Crippen molar-refractivity contribution in [3.63, 3.8) is 0 Å². The fourth-order valence-electron chi connectivity index (χ4n) is 3.25. The quantitative estimate of drug-likeness (QED) is 0.438. The highest BCUT2D eigenvalue weighted by atomic mass is 35.5. The lowest BCUT2D eigenvalue weighted by atomic mass is 10.1. The molecule has 2 aromatic carbocycles. The lowest BCUT2D eigenvalue weighted by molar-refractivity contribution is 0.0952. The van der Waals surface area contributed by atoms with Crippen LogP contribution in [0.1, 0.15) is 23.2 Å². The zero-order valence-electron chi connectivity index (χ0n) is 16.3. The Hall–Kier alpha value is -3.39. The van der Waals surface area contributed by atoms with Gasteiger partial charge < -0.3 is 10.6 Å². The molecule has 0 aliphatic heterocycles. The molecule has 0 spiro atoms. The first-order valence-electron chi connectivity index (χ1n) is 9.77. The normalized spacial score (nSPS) is 13.5. The number of rotatable bonds is 6. The number of carbonyl (C=O) groups is 1. The van der Waals surface area contributed by atoms with Gasteiger partial charge in [0.15, 0.2) is 5.82 Å². The molecule has 0 bridgehead atoms. The van der Waals surface area contributed by atoms with E-state index < -0.39 is 0 Å². The van der Waals surface area contributed by atoms with Gasteiger partial charge in [0, 0.05) is 30.1 Å². The Bertz CT molecular complexity index is 1220. The van der Waals surface area contributed by atoms with E-state index in [1.165, 1.54) is 12.8 Å². The Morgan fingerprint density at radius 3 is 2.80 bits per heavy atom. The van der Waals surface area contributed by atoms with Crippen molar-refractivity contribution in [2.75, 3.05) is 11.9 Å². The molecule has 1 saturated carbocycles. The van der Waals surface area contributed by atoms with Gasteiger partial charge >= 0.3 is 0 Å². The van der Waals surface area contributed by atoms with E-state index >= 15 is 0 Å². The molecular formula is C21H20ClN7O. The molecule has 1 aliphatic carbocycles. The van der Waals surface area contributed by atoms with Crippen molar-refractivity contribution in [2.45, 2.75) is 12.8 Å². The van der Waals surface area contributed by atoms with Crippen LogP contribution < -0.4 is 10.6 Å². The summed E-state index contributed by atoms with van der Waals surface area (Å²) < 4.78 is 1.65. The number of amides is 1. The van der Waals surface area contributed by atoms with Gasteiger partial charge in [0.1, 0.15) is 0 Å². The van der Waals surface area contributed by atoms with Gasteiger partial charge in [0.2, 0.25) is 5.95 Å². The molecule has 0 atom stereocenters. The highest BCUT2D eigenvalue weighted by Gasteiger charge is 2.22. The van der Waals surface area contributed by atoms with Crippen LogP contribution in [0.15, 0.2) is 42.6 Å². The van der Waals surface area contributed by atoms with Crippen LogP contribution >= 0.6 is 11.6 Å². The predicted molar refractivity (Wildman–Crippen MR) is 116 cm³/mol. The topological polar surface area (TPSA) is 101 Å². The van der Waals surface area contributed by atoms with Crippen molar-refractivity contribution in [2.24, 2.45) is 13.0 Å². The SMILES string of the molecule is Cn1nc(-c2ccc(C(=O)NCC3CC3)cc2)nc1Nc1ccc2[nH]ncc2c1Cl. The number of hydrogen-bond acceptors (Lipinski definition) is 5. The third kappa shape index (κ3) is 3.61. The van der Waals surface area contributed by atoms with Gasteiger partial charge in [-0.2, -0.15) is 10.1 Å². The first-order valence-corrected chi connectivity index (χ1v) is 10.1. The summed E-state index contributed by atoms with van der Waals surface area (Å²) >= 11 is 6.49. The lowest BCUT2D eigenvalue weighted by Crippen LogP contribution is -2.25. The summed E-state index contributed by atoms with van der Waals surface area (Å²) in [4.78, 5) is 16.8. The first-order chi connectivity index (χ1) is 14.6. The van der Waals surface area contributed by atoms with Crippen molar-refractivity contribution in [3.05, 3.63) is 53.2 Å². The van der Waals surface area contributed by atoms with Crippen molar-refractivity contribution in [1.82, 2.24) is 30.3 Å². The van der Waals surface area contributed by atoms with Gasteiger partial charge in [0.05, 0.1) is 22.4 Å². The molecule has 2 heterocycles. The number of nitrogens with one attached hydrogen (secondary N) is 3. The number of aryl methyl sites for hydroxylation is 1. The largest absolute Gasteiger partial charge is 0.352 e. The minimum Gasteiger partial charge on any atom is -0.352 e. The van der Waals surface area contributed by atoms with Crippen molar-refractivity contribution < 1.29 is 4.79 Å². The fourth-order valence-corrected chi connectivity index (χ4v) is 3.51. The monoisotopic (exact) mass is 421 g/mol. The van der Waals surface area contributed by atoms with E-state index in [9.17, 15) is 4.79 Å². The van der Waals surface area contributed by atoms with Crippen LogP contribution in [0.3, 0.4) is 0 Å². The summed E-state index contributed by atoms with van der Waals surface area (Å²) in [6.45, 7) is 0.755. The van der Waals surface area contributed by atoms with Crippen LogP contribution in [0.25, 0.3) is 22.3 Å². The minimum absolute atomic E-state index is 0.0472. The number of aromatic amines is 1. The van der Waals surface area contributed by atoms with Gasteiger partial charge in [-0.25, -0.2) is 4.68 Å². The number of anilines is 2. The molecular weight excluding hydrogens is 402 g/mol. The third-order valence-corrected chi connectivity index (χ3v) is 5.63. The van der Waals surface area contributed by atoms with E-state index in [1.807, 2.05) is 31.3 Å². The number of H-pyrrole nitrogens is 1. The third-order valence-electron chi connectivity index (χ3n) is 5.22. The number of halogens is 1. The number of fused-ring (bicyclic) bond motifs is 1. The maximum absolute atomic E-state index is 12.2. The Morgan fingerprint density at radius 2 is 2.03 bits per heavy atom. The molecule has 5 rings (SSSR count). The van der Waals surface area contributed by atoms with Gasteiger partial charge in [-0.3, -0.25) is 9.89 Å². The molecule has 0 unspecified atom stereocenters. The average Bonchev–Trinajstić information content (AvgIpc) is 3.33. The van der Waals surface area contributed by atoms with Crippen LogP contribution in [0.2, 0.25) is 5.02 Å². The molecule has 1 aliphatic rings. The summed E-state index contributed by atoms with van der Waals surface area (Å²) in [6.07, 6.45) is 4.11. The summed E-state index contributed by atoms with van der Waals surface area (Å²) in [5.41, 5.74) is 3.04. The van der Waals surface area contributed by atoms with E-state index in [0.29, 0.717) is 28.3 Å². The molecule has 0 radical (unpaired) electrons. The number of benzene rings is 2. The van der Waals surface area contributed by atoms with Gasteiger partial charge in [0.25, 0.3) is 5.91 Å². The van der Waals surface area contributed by atoms with E-state index in [-0.39, 0.29) is 5.91 Å². The van der Waals surface area contributed by atoms with Crippen molar-refractivity contribution >= 4 is 40.0 Å². The second-order valence-corrected chi connectivity index (χ2v) is 7.87. The Morgan fingerprint density at radius 1 is 1.23 bits per heavy atom. The number of aromatic nitrogens is 5. The zero-order valence-corrected chi connectivity index (χ0v) is 17.1. The highest BCUT2D eigenvalue weighted by molar-refractivity contribution is 6.38. The van der Waals surface area contributed by atoms with Crippen molar-refractivity contribution in [3.8, 4) is 11.4 Å². The Balaban J connectivity index is 1.34. The van der Waals surface area contributed by atoms with Crippen molar-refractivity contribution in [1.29, 1.82) is 0 Å². The van der Waals surface area contributed by atoms with E-state index in [1.54, 1.807) is 23.0 Å². The molecule has 3 N–H and O–H groups in total. The van der Waals surface area contributed by atoms with Gasteiger partial charge in [-0.05, 0) is 43.0 Å². The van der Waals surface area contributed by atoms with E-state index in [4.69, 9.17) is 11.6 Å². The van der Waals surface area contributed by atoms with Gasteiger partial charge in [-0.15, -0.1) is 5.10 Å². The summed E-state index contributed by atoms with van der Waals surface area (Å²) in [7, 11) is 1.81. The maximum atomic E-state index is 12.2. The molecule has 152 valence electrons. The first kappa shape index (κ1) is 18.6. The number of carbonyl (C=O) groups excluding carboxylic acids is 1. The average molecular weight is 422 g/mol. The highest BCUT2D eigenvalue weighted by Crippen LogP contribution is 2.32. The lowest BCUT2D eigenvalue weighted by Gasteiger charge is -2.07. The predicted octanol–water partition coefficient (Wildman–Crippen LogP) is 3.90. The standard InChI is InChI=1S/C21H20ClN7O/c1-29-21(25-17-9-8-16-15(18(17)22)11-24-27-16)26-19(28-29)13-4-6-14(7-5-13)20(30)23-10-12-2-3-12/h4-9,11-12H,2-3,10H2,1H3,(H,23,30)(H,24,27)(H,25,26,28). The maximum Gasteiger partial charge on any atom is 0.251 e.